The van der Waals surface area contributed by atoms with Gasteiger partial charge in [0, 0.05) is 6.54 Å². The minimum absolute atomic E-state index is 0.0824. The van der Waals surface area contributed by atoms with Gasteiger partial charge in [0.25, 0.3) is 0 Å². The number of likely N-dealkylation sites (N-methyl/N-ethyl adjacent to an activating group) is 2. The predicted octanol–water partition coefficient (Wildman–Crippen LogP) is 1.19. The lowest BCUT2D eigenvalue weighted by molar-refractivity contribution is -0.153. The van der Waals surface area contributed by atoms with Crippen molar-refractivity contribution in [2.45, 2.75) is 38.6 Å². The van der Waals surface area contributed by atoms with Gasteiger partial charge in [-0.1, -0.05) is 6.92 Å². The molecular weight excluding hydrogens is 266 g/mol. The SMILES string of the molecule is CCOC(=O)C(CN(CC)CCCN(C)C)(NC)C1CC1. The van der Waals surface area contributed by atoms with Crippen LogP contribution in [-0.2, 0) is 9.53 Å². The van der Waals surface area contributed by atoms with Gasteiger partial charge >= 0.3 is 5.97 Å². The summed E-state index contributed by atoms with van der Waals surface area (Å²) in [5, 5.41) is 3.30. The molecule has 1 aliphatic carbocycles. The maximum atomic E-state index is 12.5. The summed E-state index contributed by atoms with van der Waals surface area (Å²) >= 11 is 0. The van der Waals surface area contributed by atoms with Crippen LogP contribution in [0.15, 0.2) is 0 Å². The molecule has 1 N–H and O–H groups in total. The van der Waals surface area contributed by atoms with Crippen molar-refractivity contribution in [3.63, 3.8) is 0 Å². The standard InChI is InChI=1S/C16H33N3O2/c1-6-19(12-8-11-18(4)5)13-16(17-3,14-9-10-14)15(20)21-7-2/h14,17H,6-13H2,1-5H3. The van der Waals surface area contributed by atoms with Crippen molar-refractivity contribution < 1.29 is 9.53 Å². The number of carbonyl (C=O) groups is 1. The molecule has 0 heterocycles. The molecule has 1 atom stereocenters. The summed E-state index contributed by atoms with van der Waals surface area (Å²) < 4.78 is 5.35. The monoisotopic (exact) mass is 299 g/mol. The van der Waals surface area contributed by atoms with Gasteiger partial charge in [0.05, 0.1) is 6.61 Å². The molecule has 21 heavy (non-hydrogen) atoms. The summed E-state index contributed by atoms with van der Waals surface area (Å²) in [6.07, 6.45) is 3.36. The first-order valence-corrected chi connectivity index (χ1v) is 8.23. The molecule has 0 radical (unpaired) electrons. The van der Waals surface area contributed by atoms with E-state index in [1.54, 1.807) is 0 Å². The van der Waals surface area contributed by atoms with Gasteiger partial charge in [-0.3, -0.25) is 0 Å². The van der Waals surface area contributed by atoms with Gasteiger partial charge in [0.2, 0.25) is 0 Å². The Morgan fingerprint density at radius 3 is 2.38 bits per heavy atom. The number of esters is 1. The van der Waals surface area contributed by atoms with E-state index < -0.39 is 5.54 Å². The number of rotatable bonds is 11. The van der Waals surface area contributed by atoms with Crippen molar-refractivity contribution in [3.05, 3.63) is 0 Å². The lowest BCUT2D eigenvalue weighted by Crippen LogP contribution is -2.60. The Balaban J connectivity index is 2.67. The Morgan fingerprint density at radius 2 is 1.95 bits per heavy atom. The van der Waals surface area contributed by atoms with E-state index in [4.69, 9.17) is 4.74 Å². The largest absolute Gasteiger partial charge is 0.465 e. The van der Waals surface area contributed by atoms with Crippen molar-refractivity contribution >= 4 is 5.97 Å². The van der Waals surface area contributed by atoms with Crippen LogP contribution in [0.25, 0.3) is 0 Å². The van der Waals surface area contributed by atoms with E-state index in [2.05, 4.69) is 36.1 Å². The number of nitrogens with one attached hydrogen (secondary N) is 1. The summed E-state index contributed by atoms with van der Waals surface area (Å²) in [6, 6.07) is 0. The first-order valence-electron chi connectivity index (χ1n) is 8.23. The van der Waals surface area contributed by atoms with Crippen LogP contribution in [0.3, 0.4) is 0 Å². The van der Waals surface area contributed by atoms with Gasteiger partial charge in [-0.15, -0.1) is 0 Å². The average molecular weight is 299 g/mol. The van der Waals surface area contributed by atoms with Crippen LogP contribution < -0.4 is 5.32 Å². The lowest BCUT2D eigenvalue weighted by Gasteiger charge is -2.36. The molecule has 0 bridgehead atoms. The Kier molecular flexibility index (Phi) is 7.63. The van der Waals surface area contributed by atoms with E-state index in [-0.39, 0.29) is 5.97 Å². The van der Waals surface area contributed by atoms with Gasteiger partial charge in [-0.2, -0.15) is 0 Å². The van der Waals surface area contributed by atoms with Gasteiger partial charge in [-0.05, 0) is 72.9 Å². The van der Waals surface area contributed by atoms with Crippen molar-refractivity contribution in [2.75, 3.05) is 53.9 Å². The smallest absolute Gasteiger partial charge is 0.327 e. The zero-order valence-corrected chi connectivity index (χ0v) is 14.4. The van der Waals surface area contributed by atoms with Crippen LogP contribution in [0.2, 0.25) is 0 Å². The molecule has 5 nitrogen and oxygen atoms in total. The molecule has 0 aromatic rings. The van der Waals surface area contributed by atoms with Crippen molar-refractivity contribution in [1.82, 2.24) is 15.1 Å². The van der Waals surface area contributed by atoms with Crippen LogP contribution in [0.5, 0.6) is 0 Å². The van der Waals surface area contributed by atoms with E-state index >= 15 is 0 Å². The summed E-state index contributed by atoms with van der Waals surface area (Å²) in [5.74, 6) is 0.338. The van der Waals surface area contributed by atoms with Gasteiger partial charge in [-0.25, -0.2) is 4.79 Å². The van der Waals surface area contributed by atoms with Gasteiger partial charge in [0.15, 0.2) is 0 Å². The van der Waals surface area contributed by atoms with E-state index in [1.165, 1.54) is 0 Å². The van der Waals surface area contributed by atoms with Crippen LogP contribution >= 0.6 is 0 Å². The highest BCUT2D eigenvalue weighted by molar-refractivity contribution is 5.82. The number of ether oxygens (including phenoxy) is 1. The molecule has 1 rings (SSSR count). The zero-order chi connectivity index (χ0) is 15.9. The molecule has 124 valence electrons. The molecule has 0 saturated heterocycles. The fourth-order valence-electron chi connectivity index (χ4n) is 2.89. The molecule has 0 amide bonds. The fraction of sp³-hybridized carbons (Fsp3) is 0.938. The Labute approximate surface area is 130 Å². The highest BCUT2D eigenvalue weighted by atomic mass is 16.5. The van der Waals surface area contributed by atoms with Crippen LogP contribution in [0.4, 0.5) is 0 Å². The lowest BCUT2D eigenvalue weighted by atomic mass is 9.92. The second kappa shape index (κ2) is 8.71. The Hall–Kier alpha value is -0.650. The number of nitrogens with zero attached hydrogens (tertiary/aromatic N) is 2. The second-order valence-corrected chi connectivity index (χ2v) is 6.24. The highest BCUT2D eigenvalue weighted by Crippen LogP contribution is 2.41. The Bertz CT molecular complexity index is 319. The minimum Gasteiger partial charge on any atom is -0.465 e. The highest BCUT2D eigenvalue weighted by Gasteiger charge is 2.51. The summed E-state index contributed by atoms with van der Waals surface area (Å²) in [6.45, 7) is 8.28. The van der Waals surface area contributed by atoms with E-state index in [9.17, 15) is 4.79 Å². The summed E-state index contributed by atoms with van der Waals surface area (Å²) in [7, 11) is 6.08. The van der Waals surface area contributed by atoms with E-state index in [0.717, 1.165) is 45.4 Å². The zero-order valence-electron chi connectivity index (χ0n) is 14.4. The van der Waals surface area contributed by atoms with E-state index in [1.807, 2.05) is 14.0 Å². The first kappa shape index (κ1) is 18.4. The fourth-order valence-corrected chi connectivity index (χ4v) is 2.89. The molecule has 0 aromatic carbocycles. The topological polar surface area (TPSA) is 44.8 Å². The van der Waals surface area contributed by atoms with Crippen molar-refractivity contribution in [2.24, 2.45) is 5.92 Å². The molecule has 1 unspecified atom stereocenters. The van der Waals surface area contributed by atoms with Crippen LogP contribution in [-0.4, -0.2) is 75.2 Å². The van der Waals surface area contributed by atoms with E-state index in [0.29, 0.717) is 12.5 Å². The van der Waals surface area contributed by atoms with Crippen molar-refractivity contribution in [3.8, 4) is 0 Å². The number of hydrogen-bond acceptors (Lipinski definition) is 5. The number of hydrogen-bond donors (Lipinski definition) is 1. The molecule has 1 fully saturated rings. The van der Waals surface area contributed by atoms with Crippen LogP contribution in [0, 0.1) is 5.92 Å². The third kappa shape index (κ3) is 5.24. The normalized spacial score (nSPS) is 18.0. The quantitative estimate of drug-likeness (QED) is 0.581. The first-order chi connectivity index (χ1) is 10.00. The number of carbonyl (C=O) groups excluding carboxylic acids is 1. The maximum Gasteiger partial charge on any atom is 0.327 e. The average Bonchev–Trinajstić information content (AvgIpc) is 3.27. The third-order valence-electron chi connectivity index (χ3n) is 4.36. The molecule has 0 aromatic heterocycles. The molecule has 0 spiro atoms. The molecule has 1 aliphatic rings. The molecular formula is C16H33N3O2. The van der Waals surface area contributed by atoms with Gasteiger partial charge in [0.1, 0.15) is 5.54 Å². The predicted molar refractivity (Wildman–Crippen MR) is 86.4 cm³/mol. The van der Waals surface area contributed by atoms with Gasteiger partial charge < -0.3 is 19.9 Å². The molecule has 0 aliphatic heterocycles. The van der Waals surface area contributed by atoms with Crippen LogP contribution in [0.1, 0.15) is 33.1 Å². The Morgan fingerprint density at radius 1 is 1.29 bits per heavy atom. The summed E-state index contributed by atoms with van der Waals surface area (Å²) in [5.41, 5.74) is -0.524. The maximum absolute atomic E-state index is 12.5. The third-order valence-corrected chi connectivity index (χ3v) is 4.36. The molecule has 5 heteroatoms. The molecule has 1 saturated carbocycles. The van der Waals surface area contributed by atoms with Crippen molar-refractivity contribution in [1.29, 1.82) is 0 Å². The minimum atomic E-state index is -0.524. The summed E-state index contributed by atoms with van der Waals surface area (Å²) in [4.78, 5) is 17.1. The second-order valence-electron chi connectivity index (χ2n) is 6.24.